The smallest absolute Gasteiger partial charge is 0.269 e. The average molecular weight is 605 g/mol. The van der Waals surface area contributed by atoms with Gasteiger partial charge in [0.1, 0.15) is 11.5 Å². The normalized spacial score (nSPS) is 25.7. The number of carbonyl (C=O) groups excluding carboxylic acids is 4. The number of nitro benzene ring substituents is 1. The second kappa shape index (κ2) is 9.37. The Morgan fingerprint density at radius 1 is 1.05 bits per heavy atom. The van der Waals surface area contributed by atoms with Crippen molar-refractivity contribution in [3.8, 4) is 11.5 Å². The SMILES string of the molecule is COc1ccc([C@H]2C3=CC[C@@H]4C(=O)N(c5ccc([N+](=O)[O-])cc5)C(=O)[C@@H]4[C@@H]3CC3=C2C(=O)C=C(Br)C3=O)c(O)c1. The van der Waals surface area contributed by atoms with Crippen LogP contribution in [0.25, 0.3) is 0 Å². The fraction of sp³-hybridized carbons (Fsp3) is 0.241. The highest BCUT2D eigenvalue weighted by Crippen LogP contribution is 2.56. The van der Waals surface area contributed by atoms with Gasteiger partial charge in [0.05, 0.1) is 34.0 Å². The van der Waals surface area contributed by atoms with Gasteiger partial charge in [-0.15, -0.1) is 0 Å². The van der Waals surface area contributed by atoms with Gasteiger partial charge in [0.15, 0.2) is 11.6 Å². The highest BCUT2D eigenvalue weighted by atomic mass is 79.9. The van der Waals surface area contributed by atoms with E-state index < -0.39 is 40.4 Å². The number of methoxy groups -OCH3 is 1. The number of phenolic OH excluding ortho intramolecular Hbond substituents is 1. The summed E-state index contributed by atoms with van der Waals surface area (Å²) >= 11 is 3.19. The monoisotopic (exact) mass is 604 g/mol. The van der Waals surface area contributed by atoms with Gasteiger partial charge < -0.3 is 9.84 Å². The van der Waals surface area contributed by atoms with Crippen LogP contribution in [0, 0.1) is 27.9 Å². The lowest BCUT2D eigenvalue weighted by Gasteiger charge is -2.42. The quantitative estimate of drug-likeness (QED) is 0.179. The van der Waals surface area contributed by atoms with E-state index in [1.54, 1.807) is 12.1 Å². The number of halogens is 1. The predicted octanol–water partition coefficient (Wildman–Crippen LogP) is 4.28. The number of nitro groups is 1. The molecule has 11 heteroatoms. The molecule has 4 atom stereocenters. The third-order valence-electron chi connectivity index (χ3n) is 8.20. The molecule has 1 N–H and O–H groups in total. The Labute approximate surface area is 235 Å². The van der Waals surface area contributed by atoms with E-state index in [0.717, 1.165) is 4.90 Å². The van der Waals surface area contributed by atoms with Crippen molar-refractivity contribution in [2.75, 3.05) is 12.0 Å². The number of hydrogen-bond donors (Lipinski definition) is 1. The number of amides is 2. The molecule has 0 radical (unpaired) electrons. The number of rotatable bonds is 4. The molecule has 0 saturated carbocycles. The fourth-order valence-corrected chi connectivity index (χ4v) is 6.88. The number of ether oxygens (including phenoxy) is 1. The molecule has 1 aliphatic heterocycles. The molecule has 6 rings (SSSR count). The molecule has 2 amide bonds. The van der Waals surface area contributed by atoms with Crippen LogP contribution in [-0.4, -0.2) is 40.5 Å². The Morgan fingerprint density at radius 2 is 1.77 bits per heavy atom. The molecule has 3 aliphatic carbocycles. The number of nitrogens with zero attached hydrogens (tertiary/aromatic N) is 2. The summed E-state index contributed by atoms with van der Waals surface area (Å²) in [7, 11) is 1.46. The highest BCUT2D eigenvalue weighted by molar-refractivity contribution is 9.12. The molecule has 40 heavy (non-hydrogen) atoms. The second-order valence-electron chi connectivity index (χ2n) is 10.1. The first-order valence-corrected chi connectivity index (χ1v) is 13.3. The van der Waals surface area contributed by atoms with Crippen LogP contribution in [0.15, 0.2) is 75.8 Å². The van der Waals surface area contributed by atoms with E-state index in [1.807, 2.05) is 6.08 Å². The first-order valence-electron chi connectivity index (χ1n) is 12.5. The van der Waals surface area contributed by atoms with E-state index in [9.17, 15) is 34.4 Å². The average Bonchev–Trinajstić information content (AvgIpc) is 3.20. The fourth-order valence-electron chi connectivity index (χ4n) is 6.43. The highest BCUT2D eigenvalue weighted by Gasteiger charge is 2.57. The molecule has 0 spiro atoms. The molecular formula is C29H21BrN2O8. The van der Waals surface area contributed by atoms with Crippen molar-refractivity contribution in [3.63, 3.8) is 0 Å². The Kier molecular flexibility index (Phi) is 6.06. The lowest BCUT2D eigenvalue weighted by atomic mass is 9.59. The number of benzene rings is 2. The van der Waals surface area contributed by atoms with Gasteiger partial charge in [-0.2, -0.15) is 0 Å². The Balaban J connectivity index is 1.46. The molecule has 4 aliphatic rings. The summed E-state index contributed by atoms with van der Waals surface area (Å²) in [5, 5.41) is 22.0. The van der Waals surface area contributed by atoms with Crippen LogP contribution in [0.3, 0.4) is 0 Å². The summed E-state index contributed by atoms with van der Waals surface area (Å²) in [6, 6.07) is 9.90. The minimum absolute atomic E-state index is 0.0797. The predicted molar refractivity (Wildman–Crippen MR) is 145 cm³/mol. The van der Waals surface area contributed by atoms with E-state index in [1.165, 1.54) is 43.5 Å². The first-order chi connectivity index (χ1) is 19.1. The molecule has 1 fully saturated rings. The van der Waals surface area contributed by atoms with Crippen molar-refractivity contribution in [1.82, 2.24) is 0 Å². The number of non-ortho nitro benzene ring substituents is 1. The third kappa shape index (κ3) is 3.75. The van der Waals surface area contributed by atoms with Gasteiger partial charge in [-0.3, -0.25) is 34.2 Å². The minimum Gasteiger partial charge on any atom is -0.507 e. The van der Waals surface area contributed by atoms with Crippen LogP contribution in [0.1, 0.15) is 24.3 Å². The summed E-state index contributed by atoms with van der Waals surface area (Å²) in [5.41, 5.74) is 1.64. The van der Waals surface area contributed by atoms with Crippen molar-refractivity contribution in [2.45, 2.75) is 18.8 Å². The Bertz CT molecular complexity index is 1640. The number of hydrogen-bond acceptors (Lipinski definition) is 8. The minimum atomic E-state index is -0.813. The van der Waals surface area contributed by atoms with Gasteiger partial charge >= 0.3 is 0 Å². The van der Waals surface area contributed by atoms with Gasteiger partial charge in [-0.05, 0) is 52.9 Å². The van der Waals surface area contributed by atoms with E-state index in [0.29, 0.717) is 16.9 Å². The summed E-state index contributed by atoms with van der Waals surface area (Å²) in [4.78, 5) is 65.6. The molecule has 1 heterocycles. The van der Waals surface area contributed by atoms with Gasteiger partial charge in [0.2, 0.25) is 11.8 Å². The topological polar surface area (TPSA) is 144 Å². The second-order valence-corrected chi connectivity index (χ2v) is 11.0. The maximum Gasteiger partial charge on any atom is 0.269 e. The summed E-state index contributed by atoms with van der Waals surface area (Å²) < 4.78 is 5.32. The van der Waals surface area contributed by atoms with Gasteiger partial charge in [0, 0.05) is 46.9 Å². The summed E-state index contributed by atoms with van der Waals surface area (Å²) in [6.07, 6.45) is 3.38. The lowest BCUT2D eigenvalue weighted by Crippen LogP contribution is -2.39. The molecule has 10 nitrogen and oxygen atoms in total. The van der Waals surface area contributed by atoms with E-state index in [2.05, 4.69) is 15.9 Å². The number of ketones is 2. The van der Waals surface area contributed by atoms with Crippen LogP contribution >= 0.6 is 15.9 Å². The van der Waals surface area contributed by atoms with Gasteiger partial charge in [-0.25, -0.2) is 0 Å². The molecule has 2 aromatic rings. The molecular weight excluding hydrogens is 584 g/mol. The first kappa shape index (κ1) is 25.9. The van der Waals surface area contributed by atoms with E-state index >= 15 is 0 Å². The van der Waals surface area contributed by atoms with Crippen molar-refractivity contribution >= 4 is 50.7 Å². The largest absolute Gasteiger partial charge is 0.507 e. The molecule has 0 aromatic heterocycles. The lowest BCUT2D eigenvalue weighted by molar-refractivity contribution is -0.384. The summed E-state index contributed by atoms with van der Waals surface area (Å²) in [5.74, 6) is -4.25. The maximum absolute atomic E-state index is 13.9. The van der Waals surface area contributed by atoms with E-state index in [4.69, 9.17) is 4.74 Å². The van der Waals surface area contributed by atoms with Crippen LogP contribution in [0.4, 0.5) is 11.4 Å². The standard InChI is InChI=1S/C29H21BrN2O8/c1-40-15-6-7-17(22(33)10-15)24-16-8-9-18-25(19(16)11-20-26(24)23(34)12-21(30)27(20)35)29(37)31(28(18)36)13-2-4-14(5-3-13)32(38)39/h2-8,10,12,18-19,24-25,33H,9,11H2,1H3/t18-,19+,24+,25-/m0/s1. The molecule has 2 aromatic carbocycles. The zero-order valence-electron chi connectivity index (χ0n) is 21.0. The van der Waals surface area contributed by atoms with Gasteiger partial charge in [0.25, 0.3) is 5.69 Å². The number of allylic oxidation sites excluding steroid dienone is 6. The molecule has 1 saturated heterocycles. The number of carbonyl (C=O) groups is 4. The van der Waals surface area contributed by atoms with E-state index in [-0.39, 0.29) is 57.2 Å². The Morgan fingerprint density at radius 3 is 2.42 bits per heavy atom. The molecule has 0 bridgehead atoms. The molecule has 202 valence electrons. The Hall–Kier alpha value is -4.38. The van der Waals surface area contributed by atoms with Crippen LogP contribution in [0.2, 0.25) is 0 Å². The number of imide groups is 1. The van der Waals surface area contributed by atoms with Gasteiger partial charge in [-0.1, -0.05) is 17.7 Å². The van der Waals surface area contributed by atoms with Crippen molar-refractivity contribution in [1.29, 1.82) is 0 Å². The van der Waals surface area contributed by atoms with Crippen LogP contribution in [0.5, 0.6) is 11.5 Å². The molecule has 0 unspecified atom stereocenters. The summed E-state index contributed by atoms with van der Waals surface area (Å²) in [6.45, 7) is 0. The van der Waals surface area contributed by atoms with Crippen molar-refractivity contribution in [2.24, 2.45) is 17.8 Å². The van der Waals surface area contributed by atoms with Crippen molar-refractivity contribution < 1.29 is 33.9 Å². The maximum atomic E-state index is 13.9. The van der Waals surface area contributed by atoms with Crippen molar-refractivity contribution in [3.05, 3.63) is 91.5 Å². The zero-order valence-corrected chi connectivity index (χ0v) is 22.6. The van der Waals surface area contributed by atoms with Crippen LogP contribution in [-0.2, 0) is 19.2 Å². The number of Topliss-reactive ketones (excluding diaryl/α,β-unsaturated/α-hetero) is 1. The number of aromatic hydroxyl groups is 1. The third-order valence-corrected chi connectivity index (χ3v) is 8.79. The number of fused-ring (bicyclic) bond motifs is 3. The number of phenols is 1. The number of anilines is 1. The van der Waals surface area contributed by atoms with Crippen LogP contribution < -0.4 is 9.64 Å². The zero-order chi connectivity index (χ0) is 28.5.